The highest BCUT2D eigenvalue weighted by Gasteiger charge is 2.11. The molecule has 0 aliphatic carbocycles. The maximum Gasteiger partial charge on any atom is 0.262 e. The number of amides is 1. The Balaban J connectivity index is 1.65. The van der Waals surface area contributed by atoms with Gasteiger partial charge in [-0.3, -0.25) is 9.59 Å². The average molecular weight is 403 g/mol. The van der Waals surface area contributed by atoms with Gasteiger partial charge in [0.05, 0.1) is 12.2 Å². The van der Waals surface area contributed by atoms with Gasteiger partial charge >= 0.3 is 0 Å². The number of para-hydroxylation sites is 1. The highest BCUT2D eigenvalue weighted by molar-refractivity contribution is 5.93. The molecule has 0 saturated heterocycles. The van der Waals surface area contributed by atoms with E-state index in [2.05, 4.69) is 17.4 Å². The Morgan fingerprint density at radius 1 is 0.967 bits per heavy atom. The molecule has 30 heavy (non-hydrogen) atoms. The van der Waals surface area contributed by atoms with Gasteiger partial charge in [-0.1, -0.05) is 55.5 Å². The van der Waals surface area contributed by atoms with Crippen LogP contribution < -0.4 is 14.8 Å². The number of anilines is 1. The van der Waals surface area contributed by atoms with E-state index in [4.69, 9.17) is 9.47 Å². The van der Waals surface area contributed by atoms with Gasteiger partial charge in [-0.25, -0.2) is 0 Å². The molecule has 0 aliphatic rings. The van der Waals surface area contributed by atoms with Crippen LogP contribution in [-0.4, -0.2) is 25.4 Å². The number of rotatable bonds is 10. The quantitative estimate of drug-likeness (QED) is 0.489. The highest BCUT2D eigenvalue weighted by Crippen LogP contribution is 2.24. The Bertz CT molecular complexity index is 985. The first-order chi connectivity index (χ1) is 14.7. The summed E-state index contributed by atoms with van der Waals surface area (Å²) in [5.41, 5.74) is 3.29. The smallest absolute Gasteiger partial charge is 0.262 e. The Morgan fingerprint density at radius 3 is 2.50 bits per heavy atom. The second kappa shape index (κ2) is 10.8. The summed E-state index contributed by atoms with van der Waals surface area (Å²) in [6, 6.07) is 22.7. The lowest BCUT2D eigenvalue weighted by Gasteiger charge is -2.13. The summed E-state index contributed by atoms with van der Waals surface area (Å²) < 4.78 is 11.2. The maximum atomic E-state index is 12.5. The van der Waals surface area contributed by atoms with E-state index in [1.807, 2.05) is 49.4 Å². The lowest BCUT2D eigenvalue weighted by Crippen LogP contribution is -2.21. The molecule has 0 spiro atoms. The van der Waals surface area contributed by atoms with Crippen LogP contribution in [0.2, 0.25) is 0 Å². The number of carbonyl (C=O) groups excluding carboxylic acids is 2. The maximum absolute atomic E-state index is 12.5. The van der Waals surface area contributed by atoms with Crippen LogP contribution in [0.1, 0.15) is 34.8 Å². The number of benzene rings is 3. The molecule has 1 amide bonds. The molecule has 0 atom stereocenters. The van der Waals surface area contributed by atoms with Crippen molar-refractivity contribution >= 4 is 17.9 Å². The minimum atomic E-state index is -0.299. The van der Waals surface area contributed by atoms with Gasteiger partial charge in [0.25, 0.3) is 5.91 Å². The van der Waals surface area contributed by atoms with Crippen LogP contribution >= 0.6 is 0 Å². The van der Waals surface area contributed by atoms with E-state index in [1.165, 1.54) is 0 Å². The predicted octanol–water partition coefficient (Wildman–Crippen LogP) is 4.90. The second-order valence-electron chi connectivity index (χ2n) is 6.82. The minimum absolute atomic E-state index is 0.211. The number of hydrogen-bond acceptors (Lipinski definition) is 4. The van der Waals surface area contributed by atoms with Crippen LogP contribution in [0, 0.1) is 0 Å². The van der Waals surface area contributed by atoms with Crippen LogP contribution in [0.4, 0.5) is 5.69 Å². The van der Waals surface area contributed by atoms with Crippen molar-refractivity contribution in [1.29, 1.82) is 0 Å². The molecule has 0 saturated carbocycles. The van der Waals surface area contributed by atoms with Gasteiger partial charge in [0, 0.05) is 11.8 Å². The lowest BCUT2D eigenvalue weighted by molar-refractivity contribution is -0.118. The molecular weight excluding hydrogens is 378 g/mol. The van der Waals surface area contributed by atoms with Gasteiger partial charge in [-0.15, -0.1) is 0 Å². The van der Waals surface area contributed by atoms with E-state index >= 15 is 0 Å². The first-order valence-electron chi connectivity index (χ1n) is 9.96. The van der Waals surface area contributed by atoms with Crippen molar-refractivity contribution in [3.63, 3.8) is 0 Å². The van der Waals surface area contributed by atoms with E-state index in [9.17, 15) is 9.59 Å². The van der Waals surface area contributed by atoms with E-state index in [1.54, 1.807) is 18.2 Å². The average Bonchev–Trinajstić information content (AvgIpc) is 2.78. The van der Waals surface area contributed by atoms with Crippen molar-refractivity contribution in [1.82, 2.24) is 0 Å². The van der Waals surface area contributed by atoms with Crippen LogP contribution in [0.25, 0.3) is 0 Å². The SMILES string of the molecule is CCCOc1ccc(C=O)c(OCC(=O)Nc2ccccc2Cc2ccccc2)c1. The molecule has 0 fully saturated rings. The van der Waals surface area contributed by atoms with Crippen molar-refractivity contribution in [3.8, 4) is 11.5 Å². The molecular formula is C25H25NO4. The lowest BCUT2D eigenvalue weighted by atomic mass is 10.0. The molecule has 0 aliphatic heterocycles. The van der Waals surface area contributed by atoms with E-state index in [0.717, 1.165) is 23.2 Å². The number of nitrogens with one attached hydrogen (secondary N) is 1. The van der Waals surface area contributed by atoms with Gasteiger partial charge < -0.3 is 14.8 Å². The molecule has 1 N–H and O–H groups in total. The first kappa shape index (κ1) is 21.1. The van der Waals surface area contributed by atoms with Crippen molar-refractivity contribution in [2.24, 2.45) is 0 Å². The molecule has 0 radical (unpaired) electrons. The zero-order valence-electron chi connectivity index (χ0n) is 17.0. The standard InChI is InChI=1S/C25H25NO4/c1-2-14-29-22-13-12-21(17-27)24(16-22)30-18-25(28)26-23-11-7-6-10-20(23)15-19-8-4-3-5-9-19/h3-13,16-17H,2,14-15,18H2,1H3,(H,26,28). The third-order valence-corrected chi connectivity index (χ3v) is 4.47. The molecule has 0 heterocycles. The molecule has 3 aromatic carbocycles. The Kier molecular flexibility index (Phi) is 7.61. The molecule has 0 unspecified atom stereocenters. The van der Waals surface area contributed by atoms with Gasteiger partial charge in [-0.05, 0) is 42.2 Å². The van der Waals surface area contributed by atoms with Crippen LogP contribution in [0.3, 0.4) is 0 Å². The van der Waals surface area contributed by atoms with Gasteiger partial charge in [0.1, 0.15) is 11.5 Å². The Hall–Kier alpha value is -3.60. The number of hydrogen-bond donors (Lipinski definition) is 1. The van der Waals surface area contributed by atoms with E-state index in [-0.39, 0.29) is 12.5 Å². The van der Waals surface area contributed by atoms with Crippen molar-refractivity contribution in [2.75, 3.05) is 18.5 Å². The highest BCUT2D eigenvalue weighted by atomic mass is 16.5. The molecule has 3 aromatic rings. The number of carbonyl (C=O) groups is 2. The van der Waals surface area contributed by atoms with Gasteiger partial charge in [-0.2, -0.15) is 0 Å². The topological polar surface area (TPSA) is 64.6 Å². The fraction of sp³-hybridized carbons (Fsp3) is 0.200. The molecule has 0 aromatic heterocycles. The van der Waals surface area contributed by atoms with Crippen molar-refractivity contribution < 1.29 is 19.1 Å². The summed E-state index contributed by atoms with van der Waals surface area (Å²) in [6.07, 6.45) is 2.28. The summed E-state index contributed by atoms with van der Waals surface area (Å²) >= 11 is 0. The zero-order chi connectivity index (χ0) is 21.2. The third kappa shape index (κ3) is 5.95. The first-order valence-corrected chi connectivity index (χ1v) is 9.96. The Labute approximate surface area is 176 Å². The monoisotopic (exact) mass is 403 g/mol. The third-order valence-electron chi connectivity index (χ3n) is 4.47. The van der Waals surface area contributed by atoms with E-state index in [0.29, 0.717) is 36.4 Å². The molecule has 154 valence electrons. The van der Waals surface area contributed by atoms with Crippen LogP contribution in [0.5, 0.6) is 11.5 Å². The minimum Gasteiger partial charge on any atom is -0.493 e. The summed E-state index contributed by atoms with van der Waals surface area (Å²) in [6.45, 7) is 2.37. The number of ether oxygens (including phenoxy) is 2. The van der Waals surface area contributed by atoms with Gasteiger partial charge in [0.15, 0.2) is 12.9 Å². The Morgan fingerprint density at radius 2 is 1.73 bits per heavy atom. The molecule has 5 heteroatoms. The van der Waals surface area contributed by atoms with E-state index < -0.39 is 0 Å². The molecule has 3 rings (SSSR count). The summed E-state index contributed by atoms with van der Waals surface area (Å²) in [5.74, 6) is 0.629. The summed E-state index contributed by atoms with van der Waals surface area (Å²) in [4.78, 5) is 23.8. The second-order valence-corrected chi connectivity index (χ2v) is 6.82. The summed E-state index contributed by atoms with van der Waals surface area (Å²) in [7, 11) is 0. The fourth-order valence-corrected chi connectivity index (χ4v) is 2.99. The van der Waals surface area contributed by atoms with Crippen molar-refractivity contribution in [3.05, 3.63) is 89.5 Å². The van der Waals surface area contributed by atoms with Crippen LogP contribution in [-0.2, 0) is 11.2 Å². The molecule has 0 bridgehead atoms. The van der Waals surface area contributed by atoms with Gasteiger partial charge in [0.2, 0.25) is 0 Å². The largest absolute Gasteiger partial charge is 0.493 e. The zero-order valence-corrected chi connectivity index (χ0v) is 17.0. The number of aldehydes is 1. The summed E-state index contributed by atoms with van der Waals surface area (Å²) in [5, 5.41) is 2.90. The fourth-order valence-electron chi connectivity index (χ4n) is 2.99. The normalized spacial score (nSPS) is 10.3. The molecule has 5 nitrogen and oxygen atoms in total. The predicted molar refractivity (Wildman–Crippen MR) is 117 cm³/mol. The van der Waals surface area contributed by atoms with Crippen LogP contribution in [0.15, 0.2) is 72.8 Å². The van der Waals surface area contributed by atoms with Crippen molar-refractivity contribution in [2.45, 2.75) is 19.8 Å².